The predicted molar refractivity (Wildman–Crippen MR) is 135 cm³/mol. The van der Waals surface area contributed by atoms with E-state index >= 15 is 0 Å². The molecular weight excluding hydrogens is 464 g/mol. The van der Waals surface area contributed by atoms with Gasteiger partial charge in [0.05, 0.1) is 35.8 Å². The number of hydrogen-bond acceptors (Lipinski definition) is 5. The van der Waals surface area contributed by atoms with E-state index in [4.69, 9.17) is 9.47 Å². The van der Waals surface area contributed by atoms with Crippen molar-refractivity contribution in [2.24, 2.45) is 0 Å². The second-order valence-electron chi connectivity index (χ2n) is 8.58. The Hall–Kier alpha value is -3.20. The van der Waals surface area contributed by atoms with Crippen LogP contribution < -0.4 is 10.1 Å². The maximum Gasteiger partial charge on any atom is 0.243 e. The fraction of sp³-hybridized carbons (Fsp3) is 0.296. The van der Waals surface area contributed by atoms with E-state index in [9.17, 15) is 13.2 Å². The van der Waals surface area contributed by atoms with Crippen LogP contribution in [0.2, 0.25) is 0 Å². The highest BCUT2D eigenvalue weighted by molar-refractivity contribution is 7.89. The van der Waals surface area contributed by atoms with E-state index in [0.717, 1.165) is 11.1 Å². The van der Waals surface area contributed by atoms with E-state index in [1.54, 1.807) is 6.07 Å². The van der Waals surface area contributed by atoms with Crippen LogP contribution in [0, 0.1) is 0 Å². The van der Waals surface area contributed by atoms with Gasteiger partial charge in [-0.1, -0.05) is 60.7 Å². The summed E-state index contributed by atoms with van der Waals surface area (Å²) in [5, 5.41) is 2.96. The fourth-order valence-corrected chi connectivity index (χ4v) is 5.49. The smallest absolute Gasteiger partial charge is 0.243 e. The maximum absolute atomic E-state index is 13.7. The van der Waals surface area contributed by atoms with Crippen molar-refractivity contribution in [3.05, 3.63) is 90.0 Å². The fourth-order valence-electron chi connectivity index (χ4n) is 4.05. The summed E-state index contributed by atoms with van der Waals surface area (Å²) in [6.45, 7) is 5.04. The van der Waals surface area contributed by atoms with E-state index in [1.165, 1.54) is 16.4 Å². The highest BCUT2D eigenvalue weighted by atomic mass is 32.2. The summed E-state index contributed by atoms with van der Waals surface area (Å²) in [7, 11) is -3.74. The van der Waals surface area contributed by atoms with Crippen molar-refractivity contribution in [3.63, 3.8) is 0 Å². The molecule has 1 amide bonds. The first-order valence-electron chi connectivity index (χ1n) is 11.7. The molecule has 1 saturated heterocycles. The summed E-state index contributed by atoms with van der Waals surface area (Å²) in [6, 6.07) is 23.6. The monoisotopic (exact) mass is 494 g/mol. The van der Waals surface area contributed by atoms with Gasteiger partial charge >= 0.3 is 0 Å². The van der Waals surface area contributed by atoms with E-state index in [-0.39, 0.29) is 16.9 Å². The average molecular weight is 495 g/mol. The van der Waals surface area contributed by atoms with Gasteiger partial charge in [0, 0.05) is 13.1 Å². The average Bonchev–Trinajstić information content (AvgIpc) is 2.87. The number of rotatable bonds is 8. The molecule has 1 aliphatic rings. The van der Waals surface area contributed by atoms with Gasteiger partial charge in [-0.2, -0.15) is 4.31 Å². The predicted octanol–water partition coefficient (Wildman–Crippen LogP) is 4.27. The molecule has 4 rings (SSSR count). The van der Waals surface area contributed by atoms with Crippen molar-refractivity contribution < 1.29 is 22.7 Å². The van der Waals surface area contributed by atoms with Crippen LogP contribution in [0.1, 0.15) is 30.9 Å². The molecule has 1 N–H and O–H groups in total. The quantitative estimate of drug-likeness (QED) is 0.506. The first kappa shape index (κ1) is 24.9. The normalized spacial score (nSPS) is 14.7. The van der Waals surface area contributed by atoms with Gasteiger partial charge in [0.1, 0.15) is 5.75 Å². The largest absolute Gasteiger partial charge is 0.489 e. The van der Waals surface area contributed by atoms with Crippen molar-refractivity contribution >= 4 is 21.6 Å². The summed E-state index contributed by atoms with van der Waals surface area (Å²) in [5.74, 6) is -0.449. The van der Waals surface area contributed by atoms with Crippen molar-refractivity contribution in [2.45, 2.75) is 30.8 Å². The number of benzene rings is 3. The Balaban J connectivity index is 1.71. The van der Waals surface area contributed by atoms with E-state index < -0.39 is 15.9 Å². The molecule has 0 saturated carbocycles. The minimum atomic E-state index is -3.74. The number of nitrogens with zero attached hydrogens (tertiary/aromatic N) is 1. The highest BCUT2D eigenvalue weighted by Gasteiger charge is 2.29. The zero-order chi connectivity index (χ0) is 24.8. The Morgan fingerprint density at radius 1 is 0.914 bits per heavy atom. The summed E-state index contributed by atoms with van der Waals surface area (Å²) < 4.78 is 39.1. The first-order chi connectivity index (χ1) is 16.9. The van der Waals surface area contributed by atoms with Crippen LogP contribution in [0.3, 0.4) is 0 Å². The molecule has 1 aliphatic heterocycles. The summed E-state index contributed by atoms with van der Waals surface area (Å²) in [5.41, 5.74) is 1.98. The number of nitrogens with one attached hydrogen (secondary N) is 1. The zero-order valence-corrected chi connectivity index (χ0v) is 20.7. The summed E-state index contributed by atoms with van der Waals surface area (Å²) in [6.07, 6.45) is -0.161. The molecule has 3 aromatic rings. The molecule has 0 spiro atoms. The second kappa shape index (κ2) is 11.0. The van der Waals surface area contributed by atoms with Crippen molar-refractivity contribution in [2.75, 3.05) is 31.6 Å². The van der Waals surface area contributed by atoms with Gasteiger partial charge in [-0.15, -0.1) is 0 Å². The Morgan fingerprint density at radius 2 is 1.49 bits per heavy atom. The molecule has 7 nitrogen and oxygen atoms in total. The van der Waals surface area contributed by atoms with Crippen LogP contribution in [0.25, 0.3) is 0 Å². The minimum absolute atomic E-state index is 0.0989. The van der Waals surface area contributed by atoms with Gasteiger partial charge in [-0.3, -0.25) is 4.79 Å². The van der Waals surface area contributed by atoms with E-state index in [0.29, 0.717) is 37.7 Å². The van der Waals surface area contributed by atoms with Gasteiger partial charge in [0.25, 0.3) is 0 Å². The Morgan fingerprint density at radius 3 is 2.03 bits per heavy atom. The Kier molecular flexibility index (Phi) is 7.85. The van der Waals surface area contributed by atoms with Crippen LogP contribution >= 0.6 is 0 Å². The van der Waals surface area contributed by atoms with Gasteiger partial charge in [0.15, 0.2) is 0 Å². The second-order valence-corrected chi connectivity index (χ2v) is 10.5. The molecule has 35 heavy (non-hydrogen) atoms. The molecule has 184 valence electrons. The number of ether oxygens (including phenoxy) is 2. The van der Waals surface area contributed by atoms with Crippen LogP contribution in [0.4, 0.5) is 5.69 Å². The molecule has 1 fully saturated rings. The molecule has 0 bridgehead atoms. The van der Waals surface area contributed by atoms with Gasteiger partial charge in [-0.05, 0) is 43.2 Å². The molecule has 0 aliphatic carbocycles. The number of hydrogen-bond donors (Lipinski definition) is 1. The van der Waals surface area contributed by atoms with Crippen LogP contribution in [0.5, 0.6) is 5.75 Å². The molecule has 1 heterocycles. The Bertz CT molecular complexity index is 1200. The van der Waals surface area contributed by atoms with Gasteiger partial charge in [0.2, 0.25) is 15.9 Å². The third-order valence-electron chi connectivity index (χ3n) is 5.71. The first-order valence-corrected chi connectivity index (χ1v) is 13.1. The van der Waals surface area contributed by atoms with Crippen molar-refractivity contribution in [1.82, 2.24) is 4.31 Å². The van der Waals surface area contributed by atoms with E-state index in [1.807, 2.05) is 74.5 Å². The topological polar surface area (TPSA) is 84.9 Å². The van der Waals surface area contributed by atoms with Crippen LogP contribution in [-0.4, -0.2) is 51.0 Å². The summed E-state index contributed by atoms with van der Waals surface area (Å²) >= 11 is 0. The minimum Gasteiger partial charge on any atom is -0.489 e. The van der Waals surface area contributed by atoms with Crippen LogP contribution in [-0.2, 0) is 19.6 Å². The van der Waals surface area contributed by atoms with Crippen molar-refractivity contribution in [1.29, 1.82) is 0 Å². The summed E-state index contributed by atoms with van der Waals surface area (Å²) in [4.78, 5) is 13.8. The number of carbonyl (C=O) groups excluding carboxylic acids is 1. The van der Waals surface area contributed by atoms with Gasteiger partial charge in [-0.25, -0.2) is 8.42 Å². The highest BCUT2D eigenvalue weighted by Crippen LogP contribution is 2.33. The maximum atomic E-state index is 13.7. The molecular formula is C27H30N2O5S. The molecule has 0 atom stereocenters. The zero-order valence-electron chi connectivity index (χ0n) is 19.9. The number of sulfonamides is 1. The standard InChI is InChI=1S/C27H30N2O5S/c1-20(2)34-25-14-13-23(35(31,32)29-15-17-33-18-16-29)19-24(25)28-27(30)26(21-9-5-3-6-10-21)22-11-7-4-8-12-22/h3-14,19-20,26H,15-18H2,1-2H3,(H,28,30). The molecule has 0 aromatic heterocycles. The Labute approximate surface area is 206 Å². The van der Waals surface area contributed by atoms with E-state index in [2.05, 4.69) is 5.32 Å². The van der Waals surface area contributed by atoms with Crippen LogP contribution in [0.15, 0.2) is 83.8 Å². The molecule has 3 aromatic carbocycles. The number of anilines is 1. The third-order valence-corrected chi connectivity index (χ3v) is 7.60. The molecule has 0 radical (unpaired) electrons. The lowest BCUT2D eigenvalue weighted by Crippen LogP contribution is -2.40. The number of carbonyl (C=O) groups is 1. The molecule has 0 unspecified atom stereocenters. The SMILES string of the molecule is CC(C)Oc1ccc(S(=O)(=O)N2CCOCC2)cc1NC(=O)C(c1ccccc1)c1ccccc1. The lowest BCUT2D eigenvalue weighted by atomic mass is 9.90. The van der Waals surface area contributed by atoms with Gasteiger partial charge < -0.3 is 14.8 Å². The number of amides is 1. The number of morpholine rings is 1. The van der Waals surface area contributed by atoms with Crippen molar-refractivity contribution in [3.8, 4) is 5.75 Å². The third kappa shape index (κ3) is 5.90. The molecule has 8 heteroatoms. The lowest BCUT2D eigenvalue weighted by Gasteiger charge is -2.26. The lowest BCUT2D eigenvalue weighted by molar-refractivity contribution is -0.116.